The van der Waals surface area contributed by atoms with Gasteiger partial charge in [0.25, 0.3) is 0 Å². The van der Waals surface area contributed by atoms with Crippen LogP contribution in [0.5, 0.6) is 0 Å². The Hall–Kier alpha value is -2.04. The smallest absolute Gasteiger partial charge is 0.406 e. The van der Waals surface area contributed by atoms with Crippen molar-refractivity contribution in [1.82, 2.24) is 10.2 Å². The van der Waals surface area contributed by atoms with Crippen LogP contribution in [0.4, 0.5) is 4.79 Å². The highest BCUT2D eigenvalue weighted by Crippen LogP contribution is 2.58. The highest BCUT2D eigenvalue weighted by Gasteiger charge is 2.57. The predicted octanol–water partition coefficient (Wildman–Crippen LogP) is 2.86. The molecule has 0 bridgehead atoms. The van der Waals surface area contributed by atoms with Crippen molar-refractivity contribution in [3.05, 3.63) is 34.9 Å². The highest BCUT2D eigenvalue weighted by atomic mass is 16.5. The van der Waals surface area contributed by atoms with Crippen molar-refractivity contribution in [3.8, 4) is 0 Å². The molecule has 0 radical (unpaired) electrons. The number of hydrogen-bond acceptors (Lipinski definition) is 3. The van der Waals surface area contributed by atoms with E-state index in [0.717, 1.165) is 19.5 Å². The number of nitrogens with one attached hydrogen (secondary N) is 1. The van der Waals surface area contributed by atoms with Crippen LogP contribution in [0.1, 0.15) is 36.0 Å². The molecule has 2 fully saturated rings. The maximum Gasteiger partial charge on any atom is 0.406 e. The summed E-state index contributed by atoms with van der Waals surface area (Å²) in [5.41, 5.74) is 4.09. The lowest BCUT2D eigenvalue weighted by Crippen LogP contribution is -2.41. The van der Waals surface area contributed by atoms with Crippen molar-refractivity contribution < 1.29 is 14.3 Å². The van der Waals surface area contributed by atoms with Gasteiger partial charge in [-0.05, 0) is 54.7 Å². The van der Waals surface area contributed by atoms with E-state index >= 15 is 0 Å². The zero-order chi connectivity index (χ0) is 18.1. The first kappa shape index (κ1) is 17.8. The van der Waals surface area contributed by atoms with E-state index in [2.05, 4.69) is 42.1 Å². The second-order valence-electron chi connectivity index (χ2n) is 7.42. The van der Waals surface area contributed by atoms with Crippen LogP contribution in [0.25, 0.3) is 0 Å². The molecule has 5 nitrogen and oxygen atoms in total. The number of piperidine rings is 1. The van der Waals surface area contributed by atoms with E-state index in [9.17, 15) is 9.59 Å². The van der Waals surface area contributed by atoms with Crippen molar-refractivity contribution in [2.75, 3.05) is 26.7 Å². The normalized spacial score (nSPS) is 25.3. The largest absolute Gasteiger partial charge is 0.453 e. The van der Waals surface area contributed by atoms with E-state index in [-0.39, 0.29) is 11.8 Å². The number of methoxy groups -OCH3 is 1. The minimum atomic E-state index is -0.481. The fourth-order valence-corrected chi connectivity index (χ4v) is 4.12. The monoisotopic (exact) mass is 344 g/mol. The van der Waals surface area contributed by atoms with Gasteiger partial charge in [0, 0.05) is 19.6 Å². The van der Waals surface area contributed by atoms with Gasteiger partial charge in [0.2, 0.25) is 5.91 Å². The van der Waals surface area contributed by atoms with E-state index in [4.69, 9.17) is 0 Å². The van der Waals surface area contributed by atoms with Gasteiger partial charge in [-0.25, -0.2) is 4.79 Å². The van der Waals surface area contributed by atoms with Crippen LogP contribution in [0.15, 0.2) is 18.2 Å². The molecule has 0 aromatic heterocycles. The molecule has 1 aromatic rings. The molecular formula is C20H28N2O3. The van der Waals surface area contributed by atoms with Crippen LogP contribution in [0.3, 0.4) is 0 Å². The van der Waals surface area contributed by atoms with Gasteiger partial charge in [0.1, 0.15) is 0 Å². The molecule has 1 saturated heterocycles. The SMILES string of the molecule is CCC(CNC(=O)OC)C(=O)N1CC2C(C1)C2c1ccc(C)c(C)c1. The van der Waals surface area contributed by atoms with Crippen LogP contribution < -0.4 is 5.32 Å². The van der Waals surface area contributed by atoms with Crippen molar-refractivity contribution in [3.63, 3.8) is 0 Å². The third-order valence-corrected chi connectivity index (χ3v) is 5.94. The van der Waals surface area contributed by atoms with Gasteiger partial charge in [-0.1, -0.05) is 25.1 Å². The van der Waals surface area contributed by atoms with E-state index in [1.165, 1.54) is 23.8 Å². The second kappa shape index (κ2) is 7.06. The molecule has 1 aliphatic carbocycles. The number of carbonyl (C=O) groups excluding carboxylic acids is 2. The van der Waals surface area contributed by atoms with Crippen molar-refractivity contribution in [2.24, 2.45) is 17.8 Å². The minimum absolute atomic E-state index is 0.157. The fraction of sp³-hybridized carbons (Fsp3) is 0.600. The number of nitrogens with zero attached hydrogens (tertiary/aromatic N) is 1. The minimum Gasteiger partial charge on any atom is -0.453 e. The van der Waals surface area contributed by atoms with Crippen LogP contribution in [0.2, 0.25) is 0 Å². The van der Waals surface area contributed by atoms with E-state index in [1.807, 2.05) is 11.8 Å². The van der Waals surface area contributed by atoms with Crippen molar-refractivity contribution in [1.29, 1.82) is 0 Å². The Morgan fingerprint density at radius 1 is 1.24 bits per heavy atom. The number of aryl methyl sites for hydroxylation is 2. The maximum atomic E-state index is 12.7. The van der Waals surface area contributed by atoms with E-state index in [1.54, 1.807) is 0 Å². The molecule has 1 aromatic carbocycles. The molecular weight excluding hydrogens is 316 g/mol. The number of alkyl carbamates (subject to hydrolysis) is 1. The third-order valence-electron chi connectivity index (χ3n) is 5.94. The van der Waals surface area contributed by atoms with Crippen LogP contribution in [-0.2, 0) is 9.53 Å². The van der Waals surface area contributed by atoms with Crippen LogP contribution in [0, 0.1) is 31.6 Å². The zero-order valence-electron chi connectivity index (χ0n) is 15.5. The molecule has 0 spiro atoms. The van der Waals surface area contributed by atoms with Gasteiger partial charge < -0.3 is 15.0 Å². The molecule has 1 saturated carbocycles. The first-order valence-electron chi connectivity index (χ1n) is 9.14. The Kier molecular flexibility index (Phi) is 5.02. The lowest BCUT2D eigenvalue weighted by Gasteiger charge is -2.25. The second-order valence-corrected chi connectivity index (χ2v) is 7.42. The van der Waals surface area contributed by atoms with Gasteiger partial charge in [-0.2, -0.15) is 0 Å². The summed E-state index contributed by atoms with van der Waals surface area (Å²) in [6, 6.07) is 6.75. The number of hydrogen-bond donors (Lipinski definition) is 1. The van der Waals surface area contributed by atoms with Gasteiger partial charge >= 0.3 is 6.09 Å². The average molecular weight is 344 g/mol. The van der Waals surface area contributed by atoms with Crippen molar-refractivity contribution >= 4 is 12.0 Å². The molecule has 1 N–H and O–H groups in total. The molecule has 1 aliphatic heterocycles. The van der Waals surface area contributed by atoms with Crippen molar-refractivity contribution in [2.45, 2.75) is 33.1 Å². The average Bonchev–Trinajstić information content (AvgIpc) is 3.10. The maximum absolute atomic E-state index is 12.7. The summed E-state index contributed by atoms with van der Waals surface area (Å²) in [6.45, 7) is 8.31. The Balaban J connectivity index is 1.55. The van der Waals surface area contributed by atoms with E-state index in [0.29, 0.717) is 24.3 Å². The third kappa shape index (κ3) is 3.51. The topological polar surface area (TPSA) is 58.6 Å². The number of likely N-dealkylation sites (tertiary alicyclic amines) is 1. The first-order chi connectivity index (χ1) is 12.0. The highest BCUT2D eigenvalue weighted by molar-refractivity contribution is 5.80. The summed E-state index contributed by atoms with van der Waals surface area (Å²) in [7, 11) is 1.33. The summed E-state index contributed by atoms with van der Waals surface area (Å²) in [5.74, 6) is 1.78. The fourth-order valence-electron chi connectivity index (χ4n) is 4.12. The lowest BCUT2D eigenvalue weighted by molar-refractivity contribution is -0.135. The lowest BCUT2D eigenvalue weighted by atomic mass is 10.0. The number of carbonyl (C=O) groups is 2. The number of fused-ring (bicyclic) bond motifs is 1. The summed E-state index contributed by atoms with van der Waals surface area (Å²) < 4.78 is 4.58. The van der Waals surface area contributed by atoms with E-state index < -0.39 is 6.09 Å². The van der Waals surface area contributed by atoms with Gasteiger partial charge in [0.15, 0.2) is 0 Å². The Labute approximate surface area is 149 Å². The zero-order valence-corrected chi connectivity index (χ0v) is 15.5. The Morgan fingerprint density at radius 3 is 2.48 bits per heavy atom. The number of rotatable bonds is 5. The van der Waals surface area contributed by atoms with Crippen LogP contribution in [-0.4, -0.2) is 43.6 Å². The molecule has 1 heterocycles. The summed E-state index contributed by atoms with van der Waals surface area (Å²) in [5, 5.41) is 2.65. The molecule has 2 amide bonds. The molecule has 3 rings (SSSR count). The Morgan fingerprint density at radius 2 is 1.92 bits per heavy atom. The molecule has 2 aliphatic rings. The summed E-state index contributed by atoms with van der Waals surface area (Å²) in [4.78, 5) is 25.9. The quantitative estimate of drug-likeness (QED) is 0.893. The summed E-state index contributed by atoms with van der Waals surface area (Å²) >= 11 is 0. The van der Waals surface area contributed by atoms with Gasteiger partial charge in [-0.3, -0.25) is 4.79 Å². The molecule has 5 heteroatoms. The molecule has 136 valence electrons. The van der Waals surface area contributed by atoms with Gasteiger partial charge in [0.05, 0.1) is 13.0 Å². The number of amides is 2. The standard InChI is InChI=1S/C20H28N2O3/c1-5-14(9-21-20(24)25-4)19(23)22-10-16-17(11-22)18(16)15-7-6-12(2)13(3)8-15/h6-8,14,16-18H,5,9-11H2,1-4H3,(H,21,24). The Bertz CT molecular complexity index is 661. The molecule has 25 heavy (non-hydrogen) atoms. The molecule has 3 unspecified atom stereocenters. The number of ether oxygens (including phenoxy) is 1. The number of benzene rings is 1. The first-order valence-corrected chi connectivity index (χ1v) is 9.14. The summed E-state index contributed by atoms with van der Waals surface area (Å²) in [6.07, 6.45) is 0.236. The van der Waals surface area contributed by atoms with Crippen LogP contribution >= 0.6 is 0 Å². The molecule has 3 atom stereocenters. The predicted molar refractivity (Wildman–Crippen MR) is 96.4 cm³/mol. The van der Waals surface area contributed by atoms with Gasteiger partial charge in [-0.15, -0.1) is 0 Å².